The number of fused-ring (bicyclic) bond motifs is 11. The molecule has 0 N–H and O–H groups in total. The number of nitrogens with zero attached hydrogens (tertiary/aromatic N) is 3. The predicted octanol–water partition coefficient (Wildman–Crippen LogP) is 7.25. The van der Waals surface area contributed by atoms with Gasteiger partial charge in [0, 0.05) is 0 Å². The lowest BCUT2D eigenvalue weighted by Crippen LogP contribution is -2.21. The van der Waals surface area contributed by atoms with Crippen molar-refractivity contribution in [1.82, 2.24) is 14.0 Å². The van der Waals surface area contributed by atoms with Crippen LogP contribution in [-0.2, 0) is 0 Å². The minimum atomic E-state index is -0.0714. The number of rotatable bonds is 1. The van der Waals surface area contributed by atoms with E-state index >= 15 is 0 Å². The van der Waals surface area contributed by atoms with Crippen LogP contribution in [0.25, 0.3) is 65.7 Å². The van der Waals surface area contributed by atoms with Crippen LogP contribution in [0.3, 0.4) is 0 Å². The molecule has 36 heavy (non-hydrogen) atoms. The van der Waals surface area contributed by atoms with Crippen LogP contribution in [-0.4, -0.2) is 14.0 Å². The van der Waals surface area contributed by atoms with Crippen LogP contribution in [0.4, 0.5) is 0 Å². The summed E-state index contributed by atoms with van der Waals surface area (Å²) in [4.78, 5) is 18.9. The van der Waals surface area contributed by atoms with E-state index in [0.717, 1.165) is 27.6 Å². The van der Waals surface area contributed by atoms with Crippen LogP contribution in [0.15, 0.2) is 120 Å². The molecule has 0 bridgehead atoms. The van der Waals surface area contributed by atoms with Crippen LogP contribution in [0.2, 0.25) is 0 Å². The Bertz CT molecular complexity index is 2200. The van der Waals surface area contributed by atoms with Crippen molar-refractivity contribution in [3.63, 3.8) is 0 Å². The molecule has 2 aromatic heterocycles. The number of para-hydroxylation sites is 3. The van der Waals surface area contributed by atoms with E-state index in [4.69, 9.17) is 4.98 Å². The first-order valence-corrected chi connectivity index (χ1v) is 12.0. The molecule has 0 fully saturated rings. The number of aromatic nitrogens is 3. The van der Waals surface area contributed by atoms with Crippen LogP contribution in [0.1, 0.15) is 0 Å². The molecule has 4 heteroatoms. The predicted molar refractivity (Wildman–Crippen MR) is 148 cm³/mol. The summed E-state index contributed by atoms with van der Waals surface area (Å²) < 4.78 is 3.85. The Balaban J connectivity index is 1.57. The Morgan fingerprint density at radius 3 is 1.72 bits per heavy atom. The van der Waals surface area contributed by atoms with Crippen LogP contribution >= 0.6 is 0 Å². The topological polar surface area (TPSA) is 39.3 Å². The lowest BCUT2D eigenvalue weighted by atomic mass is 9.94. The van der Waals surface area contributed by atoms with E-state index in [-0.39, 0.29) is 5.56 Å². The Kier molecular flexibility index (Phi) is 3.78. The van der Waals surface area contributed by atoms with E-state index in [0.29, 0.717) is 11.2 Å². The van der Waals surface area contributed by atoms with E-state index < -0.39 is 0 Å². The van der Waals surface area contributed by atoms with Crippen molar-refractivity contribution < 1.29 is 0 Å². The minimum absolute atomic E-state index is 0.0714. The second-order valence-electron chi connectivity index (χ2n) is 9.21. The monoisotopic (exact) mass is 461 g/mol. The van der Waals surface area contributed by atoms with Gasteiger partial charge < -0.3 is 0 Å². The minimum Gasteiger partial charge on any atom is -0.277 e. The fraction of sp³-hybridized carbons (Fsp3) is 0. The quantitative estimate of drug-likeness (QED) is 0.242. The van der Waals surface area contributed by atoms with Crippen molar-refractivity contribution in [3.8, 4) is 5.69 Å². The van der Waals surface area contributed by atoms with E-state index in [1.54, 1.807) is 4.57 Å². The first-order valence-electron chi connectivity index (χ1n) is 12.0. The van der Waals surface area contributed by atoms with Gasteiger partial charge in [0.2, 0.25) is 5.78 Å². The summed E-state index contributed by atoms with van der Waals surface area (Å²) in [5.74, 6) is 0.615. The third-order valence-electron chi connectivity index (χ3n) is 7.31. The molecular formula is C32H19N3O. The molecule has 0 atom stereocenters. The lowest BCUT2D eigenvalue weighted by Gasteiger charge is -2.14. The normalized spacial score (nSPS) is 12.0. The highest BCUT2D eigenvalue weighted by atomic mass is 16.1. The molecule has 0 saturated carbocycles. The zero-order valence-corrected chi connectivity index (χ0v) is 19.2. The maximum absolute atomic E-state index is 13.9. The van der Waals surface area contributed by atoms with Crippen molar-refractivity contribution >= 4 is 60.0 Å². The number of imidazole rings is 1. The number of benzene rings is 6. The molecule has 168 valence electrons. The molecule has 0 amide bonds. The summed E-state index contributed by atoms with van der Waals surface area (Å²) in [6.45, 7) is 0. The zero-order chi connectivity index (χ0) is 23.8. The van der Waals surface area contributed by atoms with Crippen LogP contribution in [0.5, 0.6) is 0 Å². The smallest absolute Gasteiger partial charge is 0.267 e. The SMILES string of the molecule is O=c1c2ccccc2n2c3ccccc3nc2n1-c1ccc2c3ccccc3c3ccccc3c2c1. The van der Waals surface area contributed by atoms with Gasteiger partial charge in [0.25, 0.3) is 5.56 Å². The Morgan fingerprint density at radius 2 is 1.03 bits per heavy atom. The van der Waals surface area contributed by atoms with Gasteiger partial charge in [-0.25, -0.2) is 9.55 Å². The summed E-state index contributed by atoms with van der Waals surface area (Å²) >= 11 is 0. The fourth-order valence-corrected chi connectivity index (χ4v) is 5.73. The third-order valence-corrected chi connectivity index (χ3v) is 7.31. The van der Waals surface area contributed by atoms with Gasteiger partial charge in [0.05, 0.1) is 27.6 Å². The van der Waals surface area contributed by atoms with Gasteiger partial charge in [-0.3, -0.25) is 9.20 Å². The fourth-order valence-electron chi connectivity index (χ4n) is 5.73. The van der Waals surface area contributed by atoms with E-state index in [9.17, 15) is 4.79 Å². The summed E-state index contributed by atoms with van der Waals surface area (Å²) in [6, 6.07) is 39.1. The standard InChI is InChI=1S/C32H19N3O/c36-31-26-13-5-7-15-29(26)35-30-16-8-6-14-28(30)33-32(35)34(31)20-17-18-25-23-11-2-1-9-21(23)22-10-3-4-12-24(22)27(25)19-20/h1-19H. The highest BCUT2D eigenvalue weighted by Crippen LogP contribution is 2.36. The number of hydrogen-bond acceptors (Lipinski definition) is 2. The van der Waals surface area contributed by atoms with E-state index in [1.807, 2.05) is 48.5 Å². The molecular weight excluding hydrogens is 442 g/mol. The second kappa shape index (κ2) is 7.03. The largest absolute Gasteiger partial charge is 0.277 e. The van der Waals surface area contributed by atoms with Crippen molar-refractivity contribution in [2.75, 3.05) is 0 Å². The van der Waals surface area contributed by atoms with Gasteiger partial charge in [-0.2, -0.15) is 0 Å². The molecule has 0 aliphatic heterocycles. The molecule has 8 rings (SSSR count). The average molecular weight is 462 g/mol. The highest BCUT2D eigenvalue weighted by molar-refractivity contribution is 6.25. The maximum atomic E-state index is 13.9. The molecule has 6 aromatic carbocycles. The first kappa shape index (κ1) is 19.4. The van der Waals surface area contributed by atoms with Gasteiger partial charge >= 0.3 is 0 Å². The van der Waals surface area contributed by atoms with Gasteiger partial charge in [-0.15, -0.1) is 0 Å². The second-order valence-corrected chi connectivity index (χ2v) is 9.21. The van der Waals surface area contributed by atoms with Gasteiger partial charge in [-0.1, -0.05) is 78.9 Å². The summed E-state index contributed by atoms with van der Waals surface area (Å²) in [6.07, 6.45) is 0. The van der Waals surface area contributed by atoms with Crippen molar-refractivity contribution in [2.24, 2.45) is 0 Å². The Labute approximate surface area is 205 Å². The number of hydrogen-bond donors (Lipinski definition) is 0. The van der Waals surface area contributed by atoms with Gasteiger partial charge in [-0.05, 0) is 68.7 Å². The summed E-state index contributed by atoms with van der Waals surface area (Å²) in [5.41, 5.74) is 3.44. The molecule has 0 saturated heterocycles. The van der Waals surface area contributed by atoms with Crippen LogP contribution in [0, 0.1) is 0 Å². The van der Waals surface area contributed by atoms with E-state index in [1.165, 1.54) is 26.9 Å². The van der Waals surface area contributed by atoms with Crippen molar-refractivity contribution in [2.45, 2.75) is 0 Å². The zero-order valence-electron chi connectivity index (χ0n) is 19.2. The maximum Gasteiger partial charge on any atom is 0.267 e. The van der Waals surface area contributed by atoms with Crippen LogP contribution < -0.4 is 5.56 Å². The molecule has 4 nitrogen and oxygen atoms in total. The van der Waals surface area contributed by atoms with Gasteiger partial charge in [0.1, 0.15) is 0 Å². The molecule has 2 heterocycles. The highest BCUT2D eigenvalue weighted by Gasteiger charge is 2.17. The molecule has 0 radical (unpaired) electrons. The molecule has 0 unspecified atom stereocenters. The van der Waals surface area contributed by atoms with E-state index in [2.05, 4.69) is 71.1 Å². The Hall–Kier alpha value is -4.96. The molecule has 0 aliphatic carbocycles. The third kappa shape index (κ3) is 2.48. The Morgan fingerprint density at radius 1 is 0.500 bits per heavy atom. The molecule has 8 aromatic rings. The lowest BCUT2D eigenvalue weighted by molar-refractivity contribution is 0.985. The molecule has 0 spiro atoms. The first-order chi connectivity index (χ1) is 17.8. The molecule has 0 aliphatic rings. The van der Waals surface area contributed by atoms with Crippen molar-refractivity contribution in [3.05, 3.63) is 126 Å². The average Bonchev–Trinajstić information content (AvgIpc) is 3.33. The van der Waals surface area contributed by atoms with Gasteiger partial charge in [0.15, 0.2) is 0 Å². The summed E-state index contributed by atoms with van der Waals surface area (Å²) in [5, 5.41) is 7.78. The summed E-state index contributed by atoms with van der Waals surface area (Å²) in [7, 11) is 0. The van der Waals surface area contributed by atoms with Crippen molar-refractivity contribution in [1.29, 1.82) is 0 Å².